The normalized spacial score (nSPS) is 20.5. The molecule has 2 atom stereocenters. The third kappa shape index (κ3) is 4.70. The van der Waals surface area contributed by atoms with Crippen LogP contribution in [0.2, 0.25) is 0 Å². The number of aryl methyl sites for hydroxylation is 2. The first kappa shape index (κ1) is 20.3. The third-order valence-corrected chi connectivity index (χ3v) is 7.29. The number of benzene rings is 1. The predicted molar refractivity (Wildman–Crippen MR) is 124 cm³/mol. The summed E-state index contributed by atoms with van der Waals surface area (Å²) < 4.78 is 20.9. The second-order valence-electron chi connectivity index (χ2n) is 7.64. The number of anilines is 2. The molecular formula is C21H24N6O2S2. The second kappa shape index (κ2) is 8.89. The first-order chi connectivity index (χ1) is 15.1. The number of nitrogens with one attached hydrogen (secondary N) is 3. The summed E-state index contributed by atoms with van der Waals surface area (Å²) in [7, 11) is -1.00. The molecule has 0 aliphatic carbocycles. The zero-order chi connectivity index (χ0) is 21.2. The zero-order valence-electron chi connectivity index (χ0n) is 17.2. The van der Waals surface area contributed by atoms with Crippen LogP contribution in [0.4, 0.5) is 11.6 Å². The van der Waals surface area contributed by atoms with Crippen LogP contribution in [0.3, 0.4) is 0 Å². The largest absolute Gasteiger partial charge is 0.437 e. The van der Waals surface area contributed by atoms with Gasteiger partial charge in [-0.3, -0.25) is 0 Å². The van der Waals surface area contributed by atoms with Crippen molar-refractivity contribution < 1.29 is 8.95 Å². The van der Waals surface area contributed by atoms with E-state index in [1.807, 2.05) is 31.2 Å². The smallest absolute Gasteiger partial charge is 0.240 e. The number of rotatable bonds is 5. The van der Waals surface area contributed by atoms with Crippen molar-refractivity contribution in [1.29, 1.82) is 0 Å². The summed E-state index contributed by atoms with van der Waals surface area (Å²) >= 11 is 1.55. The van der Waals surface area contributed by atoms with Crippen LogP contribution in [0.5, 0.6) is 11.6 Å². The topological polar surface area (TPSA) is 101 Å². The van der Waals surface area contributed by atoms with E-state index in [0.717, 1.165) is 59.2 Å². The highest BCUT2D eigenvalue weighted by molar-refractivity contribution is 7.86. The SMILES string of the molecule is Cc1nc(Oc2ccc3c(c2)CCS(=O)N3)c(-c2ccnc(NC3CCCNC3)n2)s1. The van der Waals surface area contributed by atoms with E-state index in [1.165, 1.54) is 0 Å². The van der Waals surface area contributed by atoms with Gasteiger partial charge in [0.25, 0.3) is 0 Å². The molecule has 2 aromatic heterocycles. The molecule has 0 spiro atoms. The Morgan fingerprint density at radius 2 is 2.23 bits per heavy atom. The molecule has 162 valence electrons. The Kier molecular flexibility index (Phi) is 5.84. The molecule has 2 unspecified atom stereocenters. The molecule has 0 saturated carbocycles. The molecule has 2 aliphatic rings. The molecule has 2 aliphatic heterocycles. The minimum Gasteiger partial charge on any atom is -0.437 e. The predicted octanol–water partition coefficient (Wildman–Crippen LogP) is 3.50. The number of piperidine rings is 1. The van der Waals surface area contributed by atoms with Crippen LogP contribution in [0.1, 0.15) is 23.4 Å². The van der Waals surface area contributed by atoms with Crippen LogP contribution in [0.25, 0.3) is 10.6 Å². The fraction of sp³-hybridized carbons (Fsp3) is 0.381. The van der Waals surface area contributed by atoms with Crippen molar-refractivity contribution in [3.05, 3.63) is 41.0 Å². The molecule has 8 nitrogen and oxygen atoms in total. The van der Waals surface area contributed by atoms with E-state index < -0.39 is 11.0 Å². The van der Waals surface area contributed by atoms with Crippen LogP contribution in [0.15, 0.2) is 30.5 Å². The van der Waals surface area contributed by atoms with Gasteiger partial charge in [0.05, 0.1) is 10.7 Å². The summed E-state index contributed by atoms with van der Waals surface area (Å²) in [4.78, 5) is 14.6. The molecule has 0 radical (unpaired) electrons. The lowest BCUT2D eigenvalue weighted by atomic mass is 10.1. The molecule has 3 N–H and O–H groups in total. The van der Waals surface area contributed by atoms with E-state index in [-0.39, 0.29) is 0 Å². The van der Waals surface area contributed by atoms with Gasteiger partial charge in [0.15, 0.2) is 0 Å². The first-order valence-electron chi connectivity index (χ1n) is 10.4. The Morgan fingerprint density at radius 3 is 3.10 bits per heavy atom. The van der Waals surface area contributed by atoms with Gasteiger partial charge in [-0.1, -0.05) is 0 Å². The molecule has 1 saturated heterocycles. The molecule has 10 heteroatoms. The highest BCUT2D eigenvalue weighted by atomic mass is 32.2. The van der Waals surface area contributed by atoms with E-state index in [2.05, 4.69) is 25.3 Å². The Bertz CT molecular complexity index is 1110. The van der Waals surface area contributed by atoms with Gasteiger partial charge in [0.2, 0.25) is 11.8 Å². The highest BCUT2D eigenvalue weighted by Crippen LogP contribution is 2.38. The van der Waals surface area contributed by atoms with E-state index in [0.29, 0.717) is 29.4 Å². The van der Waals surface area contributed by atoms with Gasteiger partial charge in [-0.25, -0.2) is 19.2 Å². The standard InChI is InChI=1S/C21H24N6O2S2/c1-13-24-20(29-16-4-5-17-14(11-16)7-10-31(28)27-17)19(30-13)18-6-9-23-21(26-18)25-15-3-2-8-22-12-15/h4-6,9,11,15,22,27H,2-3,7-8,10,12H2,1H3,(H,23,25,26). The van der Waals surface area contributed by atoms with Crippen molar-refractivity contribution in [2.45, 2.75) is 32.2 Å². The number of thiazole rings is 1. The number of hydrogen-bond acceptors (Lipinski definition) is 8. The van der Waals surface area contributed by atoms with Crippen molar-refractivity contribution >= 4 is 34.0 Å². The lowest BCUT2D eigenvalue weighted by molar-refractivity contribution is 0.466. The van der Waals surface area contributed by atoms with Gasteiger partial charge in [0.1, 0.15) is 21.6 Å². The first-order valence-corrected chi connectivity index (χ1v) is 12.5. The molecule has 3 aromatic rings. The van der Waals surface area contributed by atoms with Crippen molar-refractivity contribution in [2.75, 3.05) is 28.9 Å². The quantitative estimate of drug-likeness (QED) is 0.540. The van der Waals surface area contributed by atoms with Crippen LogP contribution >= 0.6 is 11.3 Å². The van der Waals surface area contributed by atoms with E-state index in [9.17, 15) is 4.21 Å². The molecule has 31 heavy (non-hydrogen) atoms. The Labute approximate surface area is 187 Å². The molecule has 0 bridgehead atoms. The van der Waals surface area contributed by atoms with Crippen LogP contribution in [-0.2, 0) is 17.4 Å². The zero-order valence-corrected chi connectivity index (χ0v) is 18.8. The Morgan fingerprint density at radius 1 is 1.29 bits per heavy atom. The summed E-state index contributed by atoms with van der Waals surface area (Å²) in [6.07, 6.45) is 4.78. The summed E-state index contributed by atoms with van der Waals surface area (Å²) in [6, 6.07) is 7.99. The van der Waals surface area contributed by atoms with Gasteiger partial charge in [-0.2, -0.15) is 0 Å². The molecule has 4 heterocycles. The number of aromatic nitrogens is 3. The Balaban J connectivity index is 1.38. The lowest BCUT2D eigenvalue weighted by Gasteiger charge is -2.23. The minimum atomic E-state index is -1.00. The van der Waals surface area contributed by atoms with Crippen LogP contribution in [-0.4, -0.2) is 44.0 Å². The minimum absolute atomic E-state index is 0.335. The second-order valence-corrected chi connectivity index (χ2v) is 10.1. The van der Waals surface area contributed by atoms with Crippen molar-refractivity contribution in [1.82, 2.24) is 20.3 Å². The van der Waals surface area contributed by atoms with Gasteiger partial charge in [-0.05, 0) is 62.6 Å². The monoisotopic (exact) mass is 456 g/mol. The van der Waals surface area contributed by atoms with E-state index in [1.54, 1.807) is 17.5 Å². The lowest BCUT2D eigenvalue weighted by Crippen LogP contribution is -2.38. The number of hydrogen-bond donors (Lipinski definition) is 3. The van der Waals surface area contributed by atoms with Crippen molar-refractivity contribution in [2.24, 2.45) is 0 Å². The summed E-state index contributed by atoms with van der Waals surface area (Å²) in [5.74, 6) is 2.47. The maximum Gasteiger partial charge on any atom is 0.240 e. The summed E-state index contributed by atoms with van der Waals surface area (Å²) in [5, 5.41) is 7.74. The fourth-order valence-corrected chi connectivity index (χ4v) is 5.55. The van der Waals surface area contributed by atoms with E-state index in [4.69, 9.17) is 9.72 Å². The van der Waals surface area contributed by atoms with Crippen molar-refractivity contribution in [3.8, 4) is 22.2 Å². The molecule has 1 fully saturated rings. The highest BCUT2D eigenvalue weighted by Gasteiger charge is 2.19. The van der Waals surface area contributed by atoms with Crippen molar-refractivity contribution in [3.63, 3.8) is 0 Å². The number of fused-ring (bicyclic) bond motifs is 1. The van der Waals surface area contributed by atoms with Gasteiger partial charge in [-0.15, -0.1) is 11.3 Å². The van der Waals surface area contributed by atoms with Gasteiger partial charge >= 0.3 is 0 Å². The maximum atomic E-state index is 11.7. The molecular weight excluding hydrogens is 432 g/mol. The van der Waals surface area contributed by atoms with Gasteiger partial charge in [0, 0.05) is 30.2 Å². The summed E-state index contributed by atoms with van der Waals surface area (Å²) in [6.45, 7) is 3.94. The van der Waals surface area contributed by atoms with E-state index >= 15 is 0 Å². The molecule has 5 rings (SSSR count). The average Bonchev–Trinajstić information content (AvgIpc) is 3.15. The van der Waals surface area contributed by atoms with Gasteiger partial charge < -0.3 is 20.1 Å². The van der Waals surface area contributed by atoms with Crippen LogP contribution < -0.4 is 20.1 Å². The Hall–Kier alpha value is -2.56. The fourth-order valence-electron chi connectivity index (χ4n) is 3.78. The van der Waals surface area contributed by atoms with Crippen LogP contribution in [0, 0.1) is 6.92 Å². The summed E-state index contributed by atoms with van der Waals surface area (Å²) in [5.41, 5.74) is 2.78. The number of nitrogens with zero attached hydrogens (tertiary/aromatic N) is 3. The third-order valence-electron chi connectivity index (χ3n) is 5.29. The molecule has 0 amide bonds. The number of ether oxygens (including phenoxy) is 1. The maximum absolute atomic E-state index is 11.7. The molecule has 1 aromatic carbocycles. The average molecular weight is 457 g/mol.